The second kappa shape index (κ2) is 8.11. The molecule has 29 heavy (non-hydrogen) atoms. The van der Waals surface area contributed by atoms with E-state index in [-0.39, 0.29) is 12.5 Å². The quantitative estimate of drug-likeness (QED) is 0.457. The highest BCUT2D eigenvalue weighted by molar-refractivity contribution is 7.80. The van der Waals surface area contributed by atoms with Crippen molar-refractivity contribution in [3.8, 4) is 5.75 Å². The number of thiocarbonyl (C=S) groups is 1. The number of hydrogen-bond acceptors (Lipinski definition) is 4. The van der Waals surface area contributed by atoms with Gasteiger partial charge in [0.05, 0.1) is 5.69 Å². The van der Waals surface area contributed by atoms with Gasteiger partial charge in [0.1, 0.15) is 29.6 Å². The van der Waals surface area contributed by atoms with E-state index in [0.29, 0.717) is 33.1 Å². The van der Waals surface area contributed by atoms with Crippen LogP contribution < -0.4 is 15.0 Å². The molecule has 0 spiro atoms. The number of benzene rings is 2. The van der Waals surface area contributed by atoms with Crippen LogP contribution in [0.2, 0.25) is 5.02 Å². The number of carbonyl (C=O) groups excluding carboxylic acids is 1. The summed E-state index contributed by atoms with van der Waals surface area (Å²) in [5.41, 5.74) is 2.19. The first-order valence-corrected chi connectivity index (χ1v) is 9.69. The van der Waals surface area contributed by atoms with Crippen molar-refractivity contribution in [2.75, 3.05) is 4.90 Å². The number of nitrogens with zero attached hydrogens (tertiary/aromatic N) is 1. The lowest BCUT2D eigenvalue weighted by molar-refractivity contribution is -0.113. The van der Waals surface area contributed by atoms with E-state index in [0.717, 1.165) is 11.3 Å². The molecule has 1 fully saturated rings. The van der Waals surface area contributed by atoms with Crippen molar-refractivity contribution in [3.05, 3.63) is 88.5 Å². The van der Waals surface area contributed by atoms with E-state index >= 15 is 0 Å². The molecule has 0 aliphatic carbocycles. The largest absolute Gasteiger partial charge is 0.486 e. The van der Waals surface area contributed by atoms with E-state index in [9.17, 15) is 4.79 Å². The molecule has 0 bridgehead atoms. The molecule has 1 aliphatic heterocycles. The molecule has 5 nitrogen and oxygen atoms in total. The first-order chi connectivity index (χ1) is 14.0. The molecule has 1 amide bonds. The normalized spacial score (nSPS) is 15.1. The summed E-state index contributed by atoms with van der Waals surface area (Å²) < 4.78 is 11.4. The Kier molecular flexibility index (Phi) is 5.38. The molecule has 0 atom stereocenters. The van der Waals surface area contributed by atoms with Gasteiger partial charge in [-0.1, -0.05) is 29.3 Å². The van der Waals surface area contributed by atoms with Gasteiger partial charge in [0.25, 0.3) is 5.91 Å². The molecule has 1 aromatic heterocycles. The molecule has 4 rings (SSSR count). The summed E-state index contributed by atoms with van der Waals surface area (Å²) in [4.78, 5) is 14.2. The Morgan fingerprint density at radius 2 is 1.83 bits per heavy atom. The second-order valence-electron chi connectivity index (χ2n) is 6.51. The molecule has 7 heteroatoms. The van der Waals surface area contributed by atoms with Crippen molar-refractivity contribution in [1.82, 2.24) is 5.32 Å². The van der Waals surface area contributed by atoms with E-state index in [2.05, 4.69) is 5.32 Å². The van der Waals surface area contributed by atoms with Crippen LogP contribution >= 0.6 is 23.8 Å². The standard InChI is InChI=1S/C22H17ClN2O3S/c1-14-2-6-16(7-3-14)25-21(26)20(24-22(25)29)12-18-10-11-19(28-18)13-27-17-8-4-15(23)5-9-17/h2-12H,13H2,1H3,(H,24,29). The molecule has 0 unspecified atom stereocenters. The van der Waals surface area contributed by atoms with Crippen LogP contribution in [-0.4, -0.2) is 11.0 Å². The van der Waals surface area contributed by atoms with Gasteiger partial charge in [-0.2, -0.15) is 0 Å². The number of amides is 1. The number of halogens is 1. The monoisotopic (exact) mass is 424 g/mol. The summed E-state index contributed by atoms with van der Waals surface area (Å²) in [6, 6.07) is 18.3. The van der Waals surface area contributed by atoms with E-state index in [1.54, 1.807) is 42.5 Å². The van der Waals surface area contributed by atoms with Crippen LogP contribution in [0.5, 0.6) is 5.75 Å². The Hall–Kier alpha value is -3.09. The fourth-order valence-electron chi connectivity index (χ4n) is 2.84. The molecule has 1 N–H and O–H groups in total. The minimum atomic E-state index is -0.228. The lowest BCUT2D eigenvalue weighted by Crippen LogP contribution is -2.30. The topological polar surface area (TPSA) is 54.7 Å². The maximum atomic E-state index is 12.8. The highest BCUT2D eigenvalue weighted by atomic mass is 35.5. The van der Waals surface area contributed by atoms with Gasteiger partial charge in [0, 0.05) is 11.1 Å². The first-order valence-electron chi connectivity index (χ1n) is 8.90. The highest BCUT2D eigenvalue weighted by Crippen LogP contribution is 2.24. The van der Waals surface area contributed by atoms with Crippen LogP contribution in [0, 0.1) is 6.92 Å². The molecular weight excluding hydrogens is 408 g/mol. The first kappa shape index (κ1) is 19.2. The van der Waals surface area contributed by atoms with Crippen LogP contribution in [0.3, 0.4) is 0 Å². The number of ether oxygens (including phenoxy) is 1. The van der Waals surface area contributed by atoms with Gasteiger partial charge in [-0.15, -0.1) is 0 Å². The Morgan fingerprint density at radius 3 is 2.55 bits per heavy atom. The van der Waals surface area contributed by atoms with Crippen molar-refractivity contribution >= 4 is 46.6 Å². The summed E-state index contributed by atoms with van der Waals surface area (Å²) in [5, 5.41) is 3.94. The number of furan rings is 1. The SMILES string of the molecule is Cc1ccc(N2C(=O)C(=Cc3ccc(COc4ccc(Cl)cc4)o3)NC2=S)cc1. The van der Waals surface area contributed by atoms with Crippen LogP contribution in [-0.2, 0) is 11.4 Å². The van der Waals surface area contributed by atoms with E-state index < -0.39 is 0 Å². The Morgan fingerprint density at radius 1 is 1.10 bits per heavy atom. The Bertz CT molecular complexity index is 1090. The molecular formula is C22H17ClN2O3S. The summed E-state index contributed by atoms with van der Waals surface area (Å²) in [5.74, 6) is 1.63. The molecule has 1 saturated heterocycles. The minimum Gasteiger partial charge on any atom is -0.486 e. The zero-order chi connectivity index (χ0) is 20.4. The Balaban J connectivity index is 1.45. The van der Waals surface area contributed by atoms with Gasteiger partial charge in [-0.3, -0.25) is 9.69 Å². The third-order valence-corrected chi connectivity index (χ3v) is 4.87. The minimum absolute atomic E-state index is 0.228. The number of carbonyl (C=O) groups is 1. The van der Waals surface area contributed by atoms with Gasteiger partial charge in [-0.05, 0) is 67.7 Å². The summed E-state index contributed by atoms with van der Waals surface area (Å²) in [7, 11) is 0. The van der Waals surface area contributed by atoms with Crippen molar-refractivity contribution < 1.29 is 13.9 Å². The van der Waals surface area contributed by atoms with E-state index in [1.807, 2.05) is 31.2 Å². The van der Waals surface area contributed by atoms with E-state index in [1.165, 1.54) is 4.90 Å². The number of hydrogen-bond donors (Lipinski definition) is 1. The van der Waals surface area contributed by atoms with Crippen LogP contribution in [0.25, 0.3) is 6.08 Å². The average molecular weight is 425 g/mol. The smallest absolute Gasteiger partial charge is 0.281 e. The molecule has 2 aromatic carbocycles. The lowest BCUT2D eigenvalue weighted by atomic mass is 10.2. The van der Waals surface area contributed by atoms with Gasteiger partial charge in [0.2, 0.25) is 0 Å². The number of rotatable bonds is 5. The number of aryl methyl sites for hydroxylation is 1. The summed E-state index contributed by atoms with van der Waals surface area (Å²) in [6.07, 6.45) is 1.63. The highest BCUT2D eigenvalue weighted by Gasteiger charge is 2.32. The van der Waals surface area contributed by atoms with Crippen LogP contribution in [0.1, 0.15) is 17.1 Å². The van der Waals surface area contributed by atoms with Gasteiger partial charge in [0.15, 0.2) is 5.11 Å². The van der Waals surface area contributed by atoms with Crippen molar-refractivity contribution in [1.29, 1.82) is 0 Å². The van der Waals surface area contributed by atoms with Crippen molar-refractivity contribution in [3.63, 3.8) is 0 Å². The third-order valence-electron chi connectivity index (χ3n) is 4.33. The summed E-state index contributed by atoms with van der Waals surface area (Å²) >= 11 is 11.2. The maximum Gasteiger partial charge on any atom is 0.281 e. The maximum absolute atomic E-state index is 12.8. The molecule has 1 aliphatic rings. The van der Waals surface area contributed by atoms with Crippen molar-refractivity contribution in [2.24, 2.45) is 0 Å². The van der Waals surface area contributed by atoms with E-state index in [4.69, 9.17) is 33.0 Å². The lowest BCUT2D eigenvalue weighted by Gasteiger charge is -2.13. The summed E-state index contributed by atoms with van der Waals surface area (Å²) in [6.45, 7) is 2.25. The Labute approximate surface area is 178 Å². The third kappa shape index (κ3) is 4.34. The molecule has 0 radical (unpaired) electrons. The second-order valence-corrected chi connectivity index (χ2v) is 7.33. The van der Waals surface area contributed by atoms with Gasteiger partial charge < -0.3 is 14.5 Å². The number of nitrogens with one attached hydrogen (secondary N) is 1. The molecule has 2 heterocycles. The number of anilines is 1. The van der Waals surface area contributed by atoms with Gasteiger partial charge >= 0.3 is 0 Å². The van der Waals surface area contributed by atoms with Crippen LogP contribution in [0.4, 0.5) is 5.69 Å². The average Bonchev–Trinajstić information content (AvgIpc) is 3.26. The van der Waals surface area contributed by atoms with Crippen LogP contribution in [0.15, 0.2) is 70.8 Å². The van der Waals surface area contributed by atoms with Crippen molar-refractivity contribution in [2.45, 2.75) is 13.5 Å². The molecule has 0 saturated carbocycles. The molecule has 3 aromatic rings. The van der Waals surface area contributed by atoms with Gasteiger partial charge in [-0.25, -0.2) is 0 Å². The zero-order valence-electron chi connectivity index (χ0n) is 15.5. The fourth-order valence-corrected chi connectivity index (χ4v) is 3.26. The predicted molar refractivity (Wildman–Crippen MR) is 117 cm³/mol. The molecule has 146 valence electrons. The fraction of sp³-hybridized carbons (Fsp3) is 0.0909. The zero-order valence-corrected chi connectivity index (χ0v) is 17.1. The predicted octanol–water partition coefficient (Wildman–Crippen LogP) is 5.08.